The van der Waals surface area contributed by atoms with Gasteiger partial charge >= 0.3 is 5.97 Å². The molecule has 3 heteroatoms. The van der Waals surface area contributed by atoms with E-state index in [4.69, 9.17) is 5.11 Å². The summed E-state index contributed by atoms with van der Waals surface area (Å²) in [5.74, 6) is -0.654. The molecule has 0 saturated carbocycles. The van der Waals surface area contributed by atoms with Crippen molar-refractivity contribution in [2.45, 2.75) is 20.3 Å². The number of carbonyl (C=O) groups is 2. The lowest BCUT2D eigenvalue weighted by molar-refractivity contribution is -0.114. The van der Waals surface area contributed by atoms with Crippen molar-refractivity contribution in [1.82, 2.24) is 0 Å². The van der Waals surface area contributed by atoms with Crippen molar-refractivity contribution in [3.8, 4) is 0 Å². The van der Waals surface area contributed by atoms with E-state index in [0.717, 1.165) is 16.7 Å². The number of ketones is 1. The molecule has 0 amide bonds. The third-order valence-electron chi connectivity index (χ3n) is 2.97. The Labute approximate surface area is 99.8 Å². The van der Waals surface area contributed by atoms with Crippen LogP contribution in [0.4, 0.5) is 0 Å². The van der Waals surface area contributed by atoms with Crippen LogP contribution < -0.4 is 0 Å². The third kappa shape index (κ3) is 2.13. The third-order valence-corrected chi connectivity index (χ3v) is 2.97. The smallest absolute Gasteiger partial charge is 0.335 e. The molecular formula is C14H14O3. The molecule has 1 aliphatic rings. The molecule has 0 aliphatic heterocycles. The fourth-order valence-electron chi connectivity index (χ4n) is 2.12. The number of benzene rings is 1. The minimum Gasteiger partial charge on any atom is -0.478 e. The fourth-order valence-corrected chi connectivity index (χ4v) is 2.12. The largest absolute Gasteiger partial charge is 0.478 e. The Morgan fingerprint density at radius 3 is 2.65 bits per heavy atom. The number of hydrogen-bond donors (Lipinski definition) is 1. The van der Waals surface area contributed by atoms with Crippen LogP contribution in [-0.2, 0) is 11.2 Å². The highest BCUT2D eigenvalue weighted by molar-refractivity contribution is 6.02. The summed E-state index contributed by atoms with van der Waals surface area (Å²) >= 11 is 0. The zero-order chi connectivity index (χ0) is 12.6. The molecule has 0 bridgehead atoms. The maximum Gasteiger partial charge on any atom is 0.335 e. The van der Waals surface area contributed by atoms with Gasteiger partial charge in [-0.3, -0.25) is 4.79 Å². The average molecular weight is 230 g/mol. The number of carboxylic acids is 1. The molecule has 3 nitrogen and oxygen atoms in total. The van der Waals surface area contributed by atoms with Gasteiger partial charge in [-0.05, 0) is 40.8 Å². The van der Waals surface area contributed by atoms with Crippen LogP contribution in [0.25, 0.3) is 5.57 Å². The lowest BCUT2D eigenvalue weighted by Crippen LogP contribution is -2.13. The van der Waals surface area contributed by atoms with Crippen molar-refractivity contribution in [1.29, 1.82) is 0 Å². The summed E-state index contributed by atoms with van der Waals surface area (Å²) in [7, 11) is 0. The number of hydrogen-bond acceptors (Lipinski definition) is 2. The second-order valence-corrected chi connectivity index (χ2v) is 4.57. The molecular weight excluding hydrogens is 216 g/mol. The standard InChI is InChI=1S/C14H14O3/c1-8(2)13-7-11(15)6-10-5-9(14(16)17)3-4-12(10)13/h3-5,7-8H,6H2,1-2H3,(H,16,17). The first-order valence-electron chi connectivity index (χ1n) is 5.60. The first-order valence-corrected chi connectivity index (χ1v) is 5.60. The highest BCUT2D eigenvalue weighted by Gasteiger charge is 2.20. The van der Waals surface area contributed by atoms with Gasteiger partial charge < -0.3 is 5.11 Å². The molecule has 0 aromatic heterocycles. The molecule has 0 radical (unpaired) electrons. The van der Waals surface area contributed by atoms with Crippen molar-refractivity contribution < 1.29 is 14.7 Å². The summed E-state index contributed by atoms with van der Waals surface area (Å²) in [5, 5.41) is 8.93. The van der Waals surface area contributed by atoms with Gasteiger partial charge in [-0.1, -0.05) is 19.9 Å². The van der Waals surface area contributed by atoms with Gasteiger partial charge in [0.05, 0.1) is 5.56 Å². The quantitative estimate of drug-likeness (QED) is 0.849. The Balaban J connectivity index is 2.55. The van der Waals surface area contributed by atoms with E-state index in [0.29, 0.717) is 6.42 Å². The maximum absolute atomic E-state index is 11.6. The summed E-state index contributed by atoms with van der Waals surface area (Å²) in [6.45, 7) is 4.05. The molecule has 0 saturated heterocycles. The highest BCUT2D eigenvalue weighted by Crippen LogP contribution is 2.31. The molecule has 0 atom stereocenters. The number of fused-ring (bicyclic) bond motifs is 1. The lowest BCUT2D eigenvalue weighted by atomic mass is 9.84. The monoisotopic (exact) mass is 230 g/mol. The van der Waals surface area contributed by atoms with Crippen LogP contribution in [0.3, 0.4) is 0 Å². The Morgan fingerprint density at radius 1 is 1.35 bits per heavy atom. The number of carbonyl (C=O) groups excluding carboxylic acids is 1. The molecule has 0 spiro atoms. The Bertz CT molecular complexity index is 524. The fraction of sp³-hybridized carbons (Fsp3) is 0.286. The van der Waals surface area contributed by atoms with Gasteiger partial charge in [0.15, 0.2) is 5.78 Å². The van der Waals surface area contributed by atoms with E-state index in [2.05, 4.69) is 0 Å². The van der Waals surface area contributed by atoms with Gasteiger partial charge in [0.1, 0.15) is 0 Å². The second-order valence-electron chi connectivity index (χ2n) is 4.57. The van der Waals surface area contributed by atoms with Gasteiger partial charge in [-0.25, -0.2) is 4.79 Å². The van der Waals surface area contributed by atoms with Crippen LogP contribution in [0.2, 0.25) is 0 Å². The van der Waals surface area contributed by atoms with E-state index >= 15 is 0 Å². The molecule has 1 aromatic carbocycles. The summed E-state index contributed by atoms with van der Waals surface area (Å²) in [6, 6.07) is 5.00. The van der Waals surface area contributed by atoms with Crippen molar-refractivity contribution in [3.05, 3.63) is 41.0 Å². The maximum atomic E-state index is 11.6. The lowest BCUT2D eigenvalue weighted by Gasteiger charge is -2.20. The Kier molecular flexibility index (Phi) is 2.84. The van der Waals surface area contributed by atoms with Crippen LogP contribution in [0.5, 0.6) is 0 Å². The SMILES string of the molecule is CC(C)C1=CC(=O)Cc2cc(C(=O)O)ccc21. The van der Waals surface area contributed by atoms with Gasteiger partial charge in [-0.2, -0.15) is 0 Å². The van der Waals surface area contributed by atoms with Crippen molar-refractivity contribution in [3.63, 3.8) is 0 Å². The normalized spacial score (nSPS) is 14.5. The minimum absolute atomic E-state index is 0.0451. The number of rotatable bonds is 2. The zero-order valence-electron chi connectivity index (χ0n) is 9.86. The van der Waals surface area contributed by atoms with Crippen molar-refractivity contribution >= 4 is 17.3 Å². The molecule has 1 N–H and O–H groups in total. The predicted molar refractivity (Wildman–Crippen MR) is 64.9 cm³/mol. The number of allylic oxidation sites excluding steroid dienone is 2. The highest BCUT2D eigenvalue weighted by atomic mass is 16.4. The predicted octanol–water partition coefficient (Wildman–Crippen LogP) is 2.55. The molecule has 1 aliphatic carbocycles. The second kappa shape index (κ2) is 4.17. The molecule has 1 aromatic rings. The van der Waals surface area contributed by atoms with Gasteiger partial charge in [-0.15, -0.1) is 0 Å². The zero-order valence-corrected chi connectivity index (χ0v) is 9.86. The van der Waals surface area contributed by atoms with Crippen LogP contribution in [-0.4, -0.2) is 16.9 Å². The molecule has 17 heavy (non-hydrogen) atoms. The van der Waals surface area contributed by atoms with Crippen LogP contribution in [0, 0.1) is 5.92 Å². The van der Waals surface area contributed by atoms with E-state index in [9.17, 15) is 9.59 Å². The van der Waals surface area contributed by atoms with E-state index in [1.165, 1.54) is 0 Å². The van der Waals surface area contributed by atoms with E-state index < -0.39 is 5.97 Å². The van der Waals surface area contributed by atoms with Crippen LogP contribution >= 0.6 is 0 Å². The number of carboxylic acid groups (broad SMARTS) is 1. The average Bonchev–Trinajstić information content (AvgIpc) is 2.26. The van der Waals surface area contributed by atoms with Gasteiger partial charge in [0.25, 0.3) is 0 Å². The number of aromatic carboxylic acids is 1. The Hall–Kier alpha value is -1.90. The van der Waals surface area contributed by atoms with E-state index in [1.807, 2.05) is 13.8 Å². The van der Waals surface area contributed by atoms with Crippen molar-refractivity contribution in [2.24, 2.45) is 5.92 Å². The first-order chi connectivity index (χ1) is 7.99. The first kappa shape index (κ1) is 11.6. The van der Waals surface area contributed by atoms with Gasteiger partial charge in [0.2, 0.25) is 0 Å². The van der Waals surface area contributed by atoms with Gasteiger partial charge in [0, 0.05) is 6.42 Å². The topological polar surface area (TPSA) is 54.4 Å². The molecule has 88 valence electrons. The summed E-state index contributed by atoms with van der Waals surface area (Å²) < 4.78 is 0. The van der Waals surface area contributed by atoms with E-state index in [1.54, 1.807) is 24.3 Å². The minimum atomic E-state index is -0.958. The van der Waals surface area contributed by atoms with E-state index in [-0.39, 0.29) is 17.3 Å². The summed E-state index contributed by atoms with van der Waals surface area (Å²) in [4.78, 5) is 22.5. The molecule has 0 unspecified atom stereocenters. The Morgan fingerprint density at radius 2 is 2.06 bits per heavy atom. The van der Waals surface area contributed by atoms with Crippen LogP contribution in [0.15, 0.2) is 24.3 Å². The molecule has 0 fully saturated rings. The van der Waals surface area contributed by atoms with Crippen LogP contribution in [0.1, 0.15) is 35.3 Å². The summed E-state index contributed by atoms with van der Waals surface area (Å²) in [5.41, 5.74) is 3.06. The molecule has 2 rings (SSSR count). The molecule has 0 heterocycles. The van der Waals surface area contributed by atoms with Crippen molar-refractivity contribution in [2.75, 3.05) is 0 Å². The summed E-state index contributed by atoms with van der Waals surface area (Å²) in [6.07, 6.45) is 1.97.